The van der Waals surface area contributed by atoms with Crippen molar-refractivity contribution in [3.8, 4) is 0 Å². The van der Waals surface area contributed by atoms with Crippen LogP contribution in [0.15, 0.2) is 23.1 Å². The topological polar surface area (TPSA) is 127 Å². The van der Waals surface area contributed by atoms with Crippen molar-refractivity contribution in [3.05, 3.63) is 33.3 Å². The van der Waals surface area contributed by atoms with Crippen molar-refractivity contribution >= 4 is 33.3 Å². The summed E-state index contributed by atoms with van der Waals surface area (Å²) in [5.74, 6) is -2.06. The van der Waals surface area contributed by atoms with Crippen LogP contribution in [0.1, 0.15) is 13.3 Å². The molecule has 1 unspecified atom stereocenters. The Morgan fingerprint density at radius 1 is 1.52 bits per heavy atom. The Balaban J connectivity index is 3.09. The molecule has 21 heavy (non-hydrogen) atoms. The molecule has 1 aromatic carbocycles. The number of nitro groups is 1. The highest BCUT2D eigenvalue weighted by Crippen LogP contribution is 2.27. The predicted octanol–water partition coefficient (Wildman–Crippen LogP) is 1.64. The molecule has 0 radical (unpaired) electrons. The largest absolute Gasteiger partial charge is 0.481 e. The Hall–Kier alpha value is -1.71. The van der Waals surface area contributed by atoms with E-state index in [2.05, 4.69) is 4.72 Å². The Morgan fingerprint density at radius 3 is 2.62 bits per heavy atom. The number of carboxylic acid groups (broad SMARTS) is 1. The summed E-state index contributed by atoms with van der Waals surface area (Å²) in [4.78, 5) is 20.3. The van der Waals surface area contributed by atoms with Gasteiger partial charge in [-0.25, -0.2) is 13.1 Å². The highest BCUT2D eigenvalue weighted by atomic mass is 35.5. The van der Waals surface area contributed by atoms with Crippen molar-refractivity contribution in [2.75, 3.05) is 6.54 Å². The fourth-order valence-corrected chi connectivity index (χ4v) is 2.95. The highest BCUT2D eigenvalue weighted by Gasteiger charge is 2.27. The minimum atomic E-state index is -4.21. The van der Waals surface area contributed by atoms with Crippen LogP contribution < -0.4 is 4.72 Å². The minimum absolute atomic E-state index is 0.0256. The molecule has 10 heteroatoms. The molecule has 0 aliphatic heterocycles. The van der Waals surface area contributed by atoms with Crippen molar-refractivity contribution in [2.45, 2.75) is 18.2 Å². The van der Waals surface area contributed by atoms with Crippen LogP contribution in [0.2, 0.25) is 5.02 Å². The average molecular weight is 337 g/mol. The number of halogens is 1. The number of carbonyl (C=O) groups is 1. The van der Waals surface area contributed by atoms with Crippen molar-refractivity contribution in [1.29, 1.82) is 0 Å². The zero-order valence-corrected chi connectivity index (χ0v) is 12.5. The van der Waals surface area contributed by atoms with Crippen LogP contribution in [0.5, 0.6) is 0 Å². The lowest BCUT2D eigenvalue weighted by Crippen LogP contribution is -2.33. The maximum atomic E-state index is 12.1. The molecule has 1 atom stereocenters. The van der Waals surface area contributed by atoms with E-state index < -0.39 is 37.4 Å². The Labute approximate surface area is 125 Å². The normalized spacial score (nSPS) is 12.9. The van der Waals surface area contributed by atoms with Crippen LogP contribution in [-0.2, 0) is 14.8 Å². The van der Waals surface area contributed by atoms with Gasteiger partial charge >= 0.3 is 5.97 Å². The Kier molecular flexibility index (Phi) is 5.64. The molecular weight excluding hydrogens is 324 g/mol. The van der Waals surface area contributed by atoms with Gasteiger partial charge in [0.1, 0.15) is 0 Å². The maximum Gasteiger partial charge on any atom is 0.307 e. The molecule has 8 nitrogen and oxygen atoms in total. The van der Waals surface area contributed by atoms with Gasteiger partial charge in [-0.2, -0.15) is 0 Å². The molecule has 0 amide bonds. The first-order valence-corrected chi connectivity index (χ1v) is 7.71. The first kappa shape index (κ1) is 17.3. The van der Waals surface area contributed by atoms with Gasteiger partial charge in [-0.3, -0.25) is 14.9 Å². The molecule has 0 aliphatic rings. The van der Waals surface area contributed by atoms with Crippen LogP contribution in [0, 0.1) is 16.0 Å². The number of nitrogens with one attached hydrogen (secondary N) is 1. The summed E-state index contributed by atoms with van der Waals surface area (Å²) < 4.78 is 26.2. The van der Waals surface area contributed by atoms with E-state index in [0.717, 1.165) is 12.1 Å². The molecule has 0 saturated carbocycles. The molecule has 0 saturated heterocycles. The molecule has 1 aromatic rings. The summed E-state index contributed by atoms with van der Waals surface area (Å²) in [5.41, 5.74) is -0.668. The fraction of sp³-hybridized carbons (Fsp3) is 0.364. The number of hydrogen-bond donors (Lipinski definition) is 2. The van der Waals surface area contributed by atoms with Crippen molar-refractivity contribution in [2.24, 2.45) is 5.92 Å². The van der Waals surface area contributed by atoms with Gasteiger partial charge in [-0.05, 0) is 18.6 Å². The van der Waals surface area contributed by atoms with Gasteiger partial charge in [-0.15, -0.1) is 0 Å². The quantitative estimate of drug-likeness (QED) is 0.575. The van der Waals surface area contributed by atoms with Crippen molar-refractivity contribution in [3.63, 3.8) is 0 Å². The van der Waals surface area contributed by atoms with E-state index in [1.165, 1.54) is 6.07 Å². The number of benzene rings is 1. The molecule has 0 aromatic heterocycles. The van der Waals surface area contributed by atoms with E-state index in [0.29, 0.717) is 0 Å². The summed E-state index contributed by atoms with van der Waals surface area (Å²) in [7, 11) is -4.21. The van der Waals surface area contributed by atoms with E-state index >= 15 is 0 Å². The van der Waals surface area contributed by atoms with Crippen LogP contribution >= 0.6 is 11.6 Å². The second-order valence-corrected chi connectivity index (χ2v) is 6.34. The van der Waals surface area contributed by atoms with Gasteiger partial charge < -0.3 is 5.11 Å². The molecule has 0 bridgehead atoms. The first-order valence-electron chi connectivity index (χ1n) is 5.85. The summed E-state index contributed by atoms with van der Waals surface area (Å²) in [6.45, 7) is 1.24. The van der Waals surface area contributed by atoms with Gasteiger partial charge in [0.05, 0.1) is 10.8 Å². The SMILES string of the molecule is CCC(CNS(=O)(=O)c1ccc(Cl)cc1[N+](=O)[O-])C(=O)O. The first-order chi connectivity index (χ1) is 9.69. The smallest absolute Gasteiger partial charge is 0.307 e. The van der Waals surface area contributed by atoms with E-state index in [1.54, 1.807) is 6.92 Å². The predicted molar refractivity (Wildman–Crippen MR) is 74.7 cm³/mol. The van der Waals surface area contributed by atoms with Crippen LogP contribution in [0.4, 0.5) is 5.69 Å². The monoisotopic (exact) mass is 336 g/mol. The average Bonchev–Trinajstić information content (AvgIpc) is 2.38. The molecule has 2 N–H and O–H groups in total. The number of nitro benzene ring substituents is 1. The lowest BCUT2D eigenvalue weighted by molar-refractivity contribution is -0.387. The van der Waals surface area contributed by atoms with Gasteiger partial charge in [0.2, 0.25) is 10.0 Å². The second-order valence-electron chi connectivity index (χ2n) is 4.16. The van der Waals surface area contributed by atoms with Crippen LogP contribution in [0.3, 0.4) is 0 Å². The highest BCUT2D eigenvalue weighted by molar-refractivity contribution is 7.89. The van der Waals surface area contributed by atoms with Gasteiger partial charge in [0.15, 0.2) is 4.90 Å². The van der Waals surface area contributed by atoms with Crippen molar-refractivity contribution in [1.82, 2.24) is 4.72 Å². The van der Waals surface area contributed by atoms with Gasteiger partial charge in [0, 0.05) is 17.6 Å². The number of aliphatic carboxylic acids is 1. The number of sulfonamides is 1. The Morgan fingerprint density at radius 2 is 2.14 bits per heavy atom. The van der Waals surface area contributed by atoms with Crippen molar-refractivity contribution < 1.29 is 23.2 Å². The molecule has 0 fully saturated rings. The fourth-order valence-electron chi connectivity index (χ4n) is 1.55. The summed E-state index contributed by atoms with van der Waals surface area (Å²) in [5, 5.41) is 19.8. The van der Waals surface area contributed by atoms with Crippen LogP contribution in [0.25, 0.3) is 0 Å². The number of rotatable bonds is 7. The number of hydrogen-bond acceptors (Lipinski definition) is 5. The zero-order chi connectivity index (χ0) is 16.2. The molecule has 0 heterocycles. The minimum Gasteiger partial charge on any atom is -0.481 e. The van der Waals surface area contributed by atoms with E-state index in [4.69, 9.17) is 16.7 Å². The van der Waals surface area contributed by atoms with Crippen LogP contribution in [-0.4, -0.2) is 31.0 Å². The second kappa shape index (κ2) is 6.83. The summed E-state index contributed by atoms with van der Waals surface area (Å²) in [6.07, 6.45) is 0.223. The van der Waals surface area contributed by atoms with E-state index in [-0.39, 0.29) is 18.0 Å². The molecular formula is C11H13ClN2O6S. The molecule has 0 aliphatic carbocycles. The van der Waals surface area contributed by atoms with Gasteiger partial charge in [0.25, 0.3) is 5.69 Å². The van der Waals surface area contributed by atoms with Gasteiger partial charge in [-0.1, -0.05) is 18.5 Å². The number of nitrogens with zero attached hydrogens (tertiary/aromatic N) is 1. The number of carboxylic acids is 1. The lowest BCUT2D eigenvalue weighted by Gasteiger charge is -2.11. The van der Waals surface area contributed by atoms with E-state index in [1.807, 2.05) is 0 Å². The maximum absolute atomic E-state index is 12.1. The lowest BCUT2D eigenvalue weighted by atomic mass is 10.1. The standard InChI is InChI=1S/C11H13ClN2O6S/c1-2-7(11(15)16)6-13-21(19,20)10-4-3-8(12)5-9(10)14(17)18/h3-5,7,13H,2,6H2,1H3,(H,15,16). The third-order valence-electron chi connectivity index (χ3n) is 2.77. The molecule has 0 spiro atoms. The molecule has 116 valence electrons. The summed E-state index contributed by atoms with van der Waals surface area (Å²) >= 11 is 5.61. The molecule has 1 rings (SSSR count). The van der Waals surface area contributed by atoms with E-state index in [9.17, 15) is 23.3 Å². The third-order valence-corrected chi connectivity index (χ3v) is 4.48. The zero-order valence-electron chi connectivity index (χ0n) is 10.9. The third kappa shape index (κ3) is 4.38. The summed E-state index contributed by atoms with van der Waals surface area (Å²) in [6, 6.07) is 3.13. The Bertz CT molecular complexity index is 661.